The Hall–Kier alpha value is -2.38. The SMILES string of the molecule is Cc1cc(B2OC(C)(C)C(C)(C)O2)cc(S(=O)(=NCC(=O)O)c2cc(B3OC(C)(C)C(C)(C)O3)cc(C(F)(F)F)c2)c1. The number of hydrogen-bond acceptors (Lipinski definition) is 7. The molecule has 228 valence electrons. The van der Waals surface area contributed by atoms with Crippen LogP contribution in [-0.2, 0) is 39.3 Å². The van der Waals surface area contributed by atoms with E-state index in [4.69, 9.17) is 18.6 Å². The number of carbonyl (C=O) groups is 1. The predicted molar refractivity (Wildman–Crippen MR) is 154 cm³/mol. The first-order valence-electron chi connectivity index (χ1n) is 13.5. The summed E-state index contributed by atoms with van der Waals surface area (Å²) in [5.41, 5.74) is -3.11. The number of halogens is 3. The lowest BCUT2D eigenvalue weighted by Crippen LogP contribution is -2.41. The molecule has 2 aliphatic rings. The summed E-state index contributed by atoms with van der Waals surface area (Å²) in [5.74, 6) is -1.39. The third-order valence-corrected chi connectivity index (χ3v) is 10.6. The number of rotatable bonds is 6. The predicted octanol–water partition coefficient (Wildman–Crippen LogP) is 4.58. The first-order valence-corrected chi connectivity index (χ1v) is 15.0. The molecule has 1 unspecified atom stereocenters. The summed E-state index contributed by atoms with van der Waals surface area (Å²) in [7, 11) is -6.00. The molecule has 0 aliphatic carbocycles. The van der Waals surface area contributed by atoms with Crippen LogP contribution in [0, 0.1) is 6.92 Å². The van der Waals surface area contributed by atoms with Crippen LogP contribution in [0.4, 0.5) is 13.2 Å². The van der Waals surface area contributed by atoms with Gasteiger partial charge < -0.3 is 23.7 Å². The van der Waals surface area contributed by atoms with Crippen LogP contribution in [-0.4, -0.2) is 58.5 Å². The summed E-state index contributed by atoms with van der Waals surface area (Å²) in [6, 6.07) is 7.65. The average Bonchev–Trinajstić information content (AvgIpc) is 3.20. The van der Waals surface area contributed by atoms with E-state index in [0.717, 1.165) is 12.1 Å². The monoisotopic (exact) mass is 609 g/mol. The second-order valence-corrected chi connectivity index (χ2v) is 15.0. The normalized spacial score (nSPS) is 22.2. The van der Waals surface area contributed by atoms with Crippen molar-refractivity contribution < 1.29 is 45.9 Å². The number of carboxylic acids is 1. The van der Waals surface area contributed by atoms with Gasteiger partial charge in [0.1, 0.15) is 16.3 Å². The number of alkyl halides is 3. The highest BCUT2D eigenvalue weighted by molar-refractivity contribution is 7.93. The molecule has 1 N–H and O–H groups in total. The molecule has 2 heterocycles. The van der Waals surface area contributed by atoms with Crippen LogP contribution < -0.4 is 10.9 Å². The Morgan fingerprint density at radius 1 is 0.786 bits per heavy atom. The average molecular weight is 609 g/mol. The van der Waals surface area contributed by atoms with Gasteiger partial charge in [0, 0.05) is 0 Å². The minimum atomic E-state index is -4.82. The molecule has 14 heteroatoms. The van der Waals surface area contributed by atoms with Crippen LogP contribution >= 0.6 is 0 Å². The maximum atomic E-state index is 14.8. The summed E-state index contributed by atoms with van der Waals surface area (Å²) >= 11 is 0. The van der Waals surface area contributed by atoms with E-state index in [9.17, 15) is 27.3 Å². The van der Waals surface area contributed by atoms with E-state index in [1.165, 1.54) is 18.2 Å². The largest absolute Gasteiger partial charge is 0.494 e. The van der Waals surface area contributed by atoms with Gasteiger partial charge in [-0.2, -0.15) is 13.2 Å². The van der Waals surface area contributed by atoms with Crippen LogP contribution in [0.2, 0.25) is 0 Å². The molecule has 8 nitrogen and oxygen atoms in total. The van der Waals surface area contributed by atoms with Gasteiger partial charge in [0.15, 0.2) is 0 Å². The molecule has 0 radical (unpaired) electrons. The third-order valence-electron chi connectivity index (χ3n) is 8.40. The van der Waals surface area contributed by atoms with Gasteiger partial charge in [0.25, 0.3) is 0 Å². The fourth-order valence-electron chi connectivity index (χ4n) is 4.54. The molecule has 0 amide bonds. The van der Waals surface area contributed by atoms with Gasteiger partial charge in [-0.1, -0.05) is 17.7 Å². The van der Waals surface area contributed by atoms with E-state index in [2.05, 4.69) is 4.36 Å². The summed E-state index contributed by atoms with van der Waals surface area (Å²) in [5, 5.41) is 9.41. The number of benzene rings is 2. The van der Waals surface area contributed by atoms with E-state index < -0.39 is 70.6 Å². The Bertz CT molecular complexity index is 1500. The van der Waals surface area contributed by atoms with Crippen molar-refractivity contribution in [3.63, 3.8) is 0 Å². The van der Waals surface area contributed by atoms with Crippen molar-refractivity contribution in [2.45, 2.75) is 101 Å². The van der Waals surface area contributed by atoms with Crippen molar-refractivity contribution in [1.82, 2.24) is 0 Å². The maximum absolute atomic E-state index is 14.8. The smallest absolute Gasteiger partial charge is 0.480 e. The number of nitrogens with zero attached hydrogens (tertiary/aromatic N) is 1. The minimum Gasteiger partial charge on any atom is -0.480 e. The molecule has 0 spiro atoms. The van der Waals surface area contributed by atoms with E-state index in [1.54, 1.807) is 40.7 Å². The Balaban J connectivity index is 1.93. The lowest BCUT2D eigenvalue weighted by molar-refractivity contribution is -0.138. The molecule has 2 saturated heterocycles. The number of aliphatic carboxylic acids is 1. The fourth-order valence-corrected chi connectivity index (χ4v) is 6.63. The van der Waals surface area contributed by atoms with Crippen molar-refractivity contribution in [3.05, 3.63) is 47.5 Å². The van der Waals surface area contributed by atoms with Crippen LogP contribution in [0.1, 0.15) is 66.5 Å². The molecule has 2 fully saturated rings. The molecular weight excluding hydrogens is 573 g/mol. The van der Waals surface area contributed by atoms with Crippen LogP contribution in [0.5, 0.6) is 0 Å². The van der Waals surface area contributed by atoms with Crippen LogP contribution in [0.25, 0.3) is 0 Å². The summed E-state index contributed by atoms with van der Waals surface area (Å²) in [4.78, 5) is 11.3. The lowest BCUT2D eigenvalue weighted by atomic mass is 9.78. The minimum absolute atomic E-state index is 0.0180. The van der Waals surface area contributed by atoms with E-state index in [1.807, 2.05) is 27.7 Å². The lowest BCUT2D eigenvalue weighted by Gasteiger charge is -2.32. The number of hydrogen-bond donors (Lipinski definition) is 1. The maximum Gasteiger partial charge on any atom is 0.494 e. The Kier molecular flexibility index (Phi) is 8.03. The number of carboxylic acid groups (broad SMARTS) is 1. The molecule has 4 rings (SSSR count). The molecule has 0 bridgehead atoms. The molecule has 42 heavy (non-hydrogen) atoms. The van der Waals surface area contributed by atoms with Gasteiger partial charge >= 0.3 is 26.4 Å². The zero-order valence-electron chi connectivity index (χ0n) is 25.2. The van der Waals surface area contributed by atoms with Gasteiger partial charge in [0.05, 0.1) is 37.8 Å². The number of aryl methyl sites for hydroxylation is 1. The summed E-state index contributed by atoms with van der Waals surface area (Å²) < 4.78 is 85.7. The van der Waals surface area contributed by atoms with Gasteiger partial charge in [0.2, 0.25) is 0 Å². The molecular formula is C28H36B2F3NO7S. The first-order chi connectivity index (χ1) is 19.0. The van der Waals surface area contributed by atoms with Crippen LogP contribution in [0.3, 0.4) is 0 Å². The highest BCUT2D eigenvalue weighted by Gasteiger charge is 2.53. The second kappa shape index (κ2) is 10.4. The molecule has 2 aromatic carbocycles. The summed E-state index contributed by atoms with van der Waals surface area (Å²) in [6.45, 7) is 15.3. The van der Waals surface area contributed by atoms with E-state index in [0.29, 0.717) is 11.0 Å². The molecule has 0 saturated carbocycles. The molecule has 0 aromatic heterocycles. The van der Waals surface area contributed by atoms with Crippen molar-refractivity contribution in [2.75, 3.05) is 6.54 Å². The quantitative estimate of drug-likeness (QED) is 0.479. The second-order valence-electron chi connectivity index (χ2n) is 12.8. The van der Waals surface area contributed by atoms with Crippen molar-refractivity contribution in [1.29, 1.82) is 0 Å². The van der Waals surface area contributed by atoms with E-state index >= 15 is 0 Å². The van der Waals surface area contributed by atoms with E-state index in [-0.39, 0.29) is 15.3 Å². The Morgan fingerprint density at radius 2 is 1.19 bits per heavy atom. The standard InChI is InChI=1S/C28H36B2F3NO7S/c1-17-10-19(29-38-24(2,3)25(4,5)39-29)14-21(11-17)42(37,34-16-23(35)36)22-13-18(28(31,32)33)12-20(15-22)30-40-26(6,7)27(8,9)41-30/h10-15H,16H2,1-9H3,(H,35,36). The van der Waals surface area contributed by atoms with Crippen molar-refractivity contribution >= 4 is 40.9 Å². The molecule has 1 atom stereocenters. The van der Waals surface area contributed by atoms with Gasteiger partial charge in [-0.05, 0) is 97.5 Å². The van der Waals surface area contributed by atoms with Crippen molar-refractivity contribution in [2.24, 2.45) is 4.36 Å². The molecule has 2 aromatic rings. The highest BCUT2D eigenvalue weighted by Crippen LogP contribution is 2.39. The zero-order valence-corrected chi connectivity index (χ0v) is 26.0. The zero-order chi connectivity index (χ0) is 31.7. The highest BCUT2D eigenvalue weighted by atomic mass is 32.2. The van der Waals surface area contributed by atoms with Gasteiger partial charge in [-0.15, -0.1) is 0 Å². The van der Waals surface area contributed by atoms with Gasteiger partial charge in [-0.3, -0.25) is 4.79 Å². The Morgan fingerprint density at radius 3 is 1.60 bits per heavy atom. The third kappa shape index (κ3) is 6.01. The van der Waals surface area contributed by atoms with Crippen molar-refractivity contribution in [3.8, 4) is 0 Å². The molecule has 2 aliphatic heterocycles. The fraction of sp³-hybridized carbons (Fsp3) is 0.536. The Labute approximate surface area is 245 Å². The van der Waals surface area contributed by atoms with Crippen LogP contribution in [0.15, 0.2) is 50.6 Å². The summed E-state index contributed by atoms with van der Waals surface area (Å²) in [6.07, 6.45) is -4.82. The van der Waals surface area contributed by atoms with Gasteiger partial charge in [-0.25, -0.2) is 8.57 Å². The first kappa shape index (κ1) is 32.5. The topological polar surface area (TPSA) is 104 Å².